The van der Waals surface area contributed by atoms with Crippen molar-refractivity contribution in [1.82, 2.24) is 5.32 Å². The molecule has 0 saturated heterocycles. The van der Waals surface area contributed by atoms with Gasteiger partial charge in [-0.05, 0) is 18.3 Å². The zero-order valence-electron chi connectivity index (χ0n) is 10.3. The van der Waals surface area contributed by atoms with E-state index in [1.54, 1.807) is 7.11 Å². The van der Waals surface area contributed by atoms with E-state index in [0.29, 0.717) is 19.6 Å². The van der Waals surface area contributed by atoms with Gasteiger partial charge in [-0.2, -0.15) is 0 Å². The normalized spacial score (nSPS) is 13.7. The van der Waals surface area contributed by atoms with E-state index in [4.69, 9.17) is 10.5 Å². The molecule has 0 radical (unpaired) electrons. The van der Waals surface area contributed by atoms with Crippen molar-refractivity contribution >= 4 is 5.91 Å². The van der Waals surface area contributed by atoms with E-state index < -0.39 is 0 Å². The SMILES string of the molecule is CC[C@@H](N)C(=O)NCC(C)(C)CCOC. The molecule has 0 aliphatic carbocycles. The summed E-state index contributed by atoms with van der Waals surface area (Å²) in [7, 11) is 1.68. The third-order valence-electron chi connectivity index (χ3n) is 2.50. The zero-order valence-corrected chi connectivity index (χ0v) is 10.3. The van der Waals surface area contributed by atoms with Crippen molar-refractivity contribution in [3.8, 4) is 0 Å². The van der Waals surface area contributed by atoms with E-state index >= 15 is 0 Å². The first-order valence-electron chi connectivity index (χ1n) is 5.45. The smallest absolute Gasteiger partial charge is 0.236 e. The Labute approximate surface area is 92.6 Å². The Balaban J connectivity index is 3.86. The summed E-state index contributed by atoms with van der Waals surface area (Å²) in [6.45, 7) is 7.46. The number of nitrogens with one attached hydrogen (secondary N) is 1. The highest BCUT2D eigenvalue weighted by atomic mass is 16.5. The predicted octanol–water partition coefficient (Wildman–Crippen LogP) is 0.903. The van der Waals surface area contributed by atoms with Crippen molar-refractivity contribution in [3.63, 3.8) is 0 Å². The number of carbonyl (C=O) groups excluding carboxylic acids is 1. The van der Waals surface area contributed by atoms with E-state index in [1.165, 1.54) is 0 Å². The fraction of sp³-hybridized carbons (Fsp3) is 0.909. The lowest BCUT2D eigenvalue weighted by Crippen LogP contribution is -2.43. The van der Waals surface area contributed by atoms with Gasteiger partial charge in [0.25, 0.3) is 0 Å². The third kappa shape index (κ3) is 6.47. The molecule has 0 aromatic heterocycles. The van der Waals surface area contributed by atoms with Crippen LogP contribution < -0.4 is 11.1 Å². The molecule has 0 fully saturated rings. The molecule has 0 bridgehead atoms. The maximum atomic E-state index is 11.4. The van der Waals surface area contributed by atoms with Gasteiger partial charge in [-0.3, -0.25) is 4.79 Å². The molecule has 0 saturated carbocycles. The van der Waals surface area contributed by atoms with Crippen LogP contribution in [0.2, 0.25) is 0 Å². The Bertz CT molecular complexity index is 193. The minimum absolute atomic E-state index is 0.0547. The molecule has 0 aliphatic heterocycles. The van der Waals surface area contributed by atoms with Gasteiger partial charge in [-0.1, -0.05) is 20.8 Å². The largest absolute Gasteiger partial charge is 0.385 e. The second-order valence-electron chi connectivity index (χ2n) is 4.64. The van der Waals surface area contributed by atoms with Crippen LogP contribution in [0.5, 0.6) is 0 Å². The Morgan fingerprint density at radius 1 is 1.53 bits per heavy atom. The minimum Gasteiger partial charge on any atom is -0.385 e. The number of ether oxygens (including phenoxy) is 1. The molecule has 0 aromatic rings. The van der Waals surface area contributed by atoms with E-state index in [0.717, 1.165) is 6.42 Å². The van der Waals surface area contributed by atoms with Crippen LogP contribution in [0, 0.1) is 5.41 Å². The molecular formula is C11H24N2O2. The summed E-state index contributed by atoms with van der Waals surface area (Å²) >= 11 is 0. The lowest BCUT2D eigenvalue weighted by atomic mass is 9.89. The summed E-state index contributed by atoms with van der Waals surface area (Å²) < 4.78 is 5.02. The second-order valence-corrected chi connectivity index (χ2v) is 4.64. The standard InChI is InChI=1S/C11H24N2O2/c1-5-9(12)10(14)13-8-11(2,3)6-7-15-4/h9H,5-8,12H2,1-4H3,(H,13,14)/t9-/m1/s1. The monoisotopic (exact) mass is 216 g/mol. The van der Waals surface area contributed by atoms with E-state index in [-0.39, 0.29) is 17.4 Å². The Morgan fingerprint density at radius 2 is 2.13 bits per heavy atom. The van der Waals surface area contributed by atoms with Crippen molar-refractivity contribution in [3.05, 3.63) is 0 Å². The maximum Gasteiger partial charge on any atom is 0.236 e. The number of methoxy groups -OCH3 is 1. The molecule has 0 rings (SSSR count). The number of hydrogen-bond acceptors (Lipinski definition) is 3. The fourth-order valence-corrected chi connectivity index (χ4v) is 1.11. The van der Waals surface area contributed by atoms with Crippen LogP contribution in [0.3, 0.4) is 0 Å². The van der Waals surface area contributed by atoms with Gasteiger partial charge >= 0.3 is 0 Å². The highest BCUT2D eigenvalue weighted by molar-refractivity contribution is 5.81. The molecule has 0 unspecified atom stereocenters. The second kappa shape index (κ2) is 6.80. The minimum atomic E-state index is -0.386. The van der Waals surface area contributed by atoms with Crippen LogP contribution in [0.4, 0.5) is 0 Å². The summed E-state index contributed by atoms with van der Waals surface area (Å²) in [4.78, 5) is 11.4. The average Bonchev–Trinajstić information content (AvgIpc) is 2.22. The molecule has 0 heterocycles. The van der Waals surface area contributed by atoms with E-state index in [2.05, 4.69) is 19.2 Å². The maximum absolute atomic E-state index is 11.4. The third-order valence-corrected chi connectivity index (χ3v) is 2.50. The van der Waals surface area contributed by atoms with Gasteiger partial charge in [0.1, 0.15) is 0 Å². The number of hydrogen-bond donors (Lipinski definition) is 2. The van der Waals surface area contributed by atoms with Crippen LogP contribution in [-0.2, 0) is 9.53 Å². The van der Waals surface area contributed by atoms with Crippen molar-refractivity contribution in [2.75, 3.05) is 20.3 Å². The number of rotatable bonds is 7. The van der Waals surface area contributed by atoms with Crippen molar-refractivity contribution < 1.29 is 9.53 Å². The van der Waals surface area contributed by atoms with Crippen molar-refractivity contribution in [1.29, 1.82) is 0 Å². The molecule has 15 heavy (non-hydrogen) atoms. The Kier molecular flexibility index (Phi) is 6.52. The first-order chi connectivity index (χ1) is 6.93. The first-order valence-corrected chi connectivity index (χ1v) is 5.45. The van der Waals surface area contributed by atoms with Crippen LogP contribution in [0.25, 0.3) is 0 Å². The Morgan fingerprint density at radius 3 is 2.60 bits per heavy atom. The quantitative estimate of drug-likeness (QED) is 0.664. The van der Waals surface area contributed by atoms with Gasteiger partial charge < -0.3 is 15.8 Å². The summed E-state index contributed by atoms with van der Waals surface area (Å²) in [6, 6.07) is -0.386. The van der Waals surface area contributed by atoms with Gasteiger partial charge in [-0.15, -0.1) is 0 Å². The molecule has 0 aromatic carbocycles. The molecule has 4 heteroatoms. The number of nitrogens with two attached hydrogens (primary N) is 1. The van der Waals surface area contributed by atoms with Crippen molar-refractivity contribution in [2.45, 2.75) is 39.7 Å². The molecule has 3 N–H and O–H groups in total. The summed E-state index contributed by atoms with van der Waals surface area (Å²) in [5.74, 6) is -0.0667. The fourth-order valence-electron chi connectivity index (χ4n) is 1.11. The molecule has 0 aliphatic rings. The molecular weight excluding hydrogens is 192 g/mol. The van der Waals surface area contributed by atoms with Gasteiger partial charge in [0, 0.05) is 20.3 Å². The number of amides is 1. The molecule has 90 valence electrons. The van der Waals surface area contributed by atoms with Gasteiger partial charge in [0.15, 0.2) is 0 Å². The topological polar surface area (TPSA) is 64.4 Å². The molecule has 1 amide bonds. The predicted molar refractivity (Wildman–Crippen MR) is 61.6 cm³/mol. The van der Waals surface area contributed by atoms with Gasteiger partial charge in [-0.25, -0.2) is 0 Å². The molecule has 1 atom stereocenters. The summed E-state index contributed by atoms with van der Waals surface area (Å²) in [6.07, 6.45) is 1.59. The van der Waals surface area contributed by atoms with Crippen LogP contribution in [-0.4, -0.2) is 32.2 Å². The highest BCUT2D eigenvalue weighted by Crippen LogP contribution is 2.18. The van der Waals surface area contributed by atoms with E-state index in [9.17, 15) is 4.79 Å². The zero-order chi connectivity index (χ0) is 11.9. The molecule has 4 nitrogen and oxygen atoms in total. The lowest BCUT2D eigenvalue weighted by Gasteiger charge is -2.25. The average molecular weight is 216 g/mol. The van der Waals surface area contributed by atoms with Crippen LogP contribution >= 0.6 is 0 Å². The lowest BCUT2D eigenvalue weighted by molar-refractivity contribution is -0.122. The number of carbonyl (C=O) groups is 1. The summed E-state index contributed by atoms with van der Waals surface area (Å²) in [5, 5.41) is 2.86. The van der Waals surface area contributed by atoms with Crippen LogP contribution in [0.1, 0.15) is 33.6 Å². The first kappa shape index (κ1) is 14.4. The summed E-state index contributed by atoms with van der Waals surface area (Å²) in [5.41, 5.74) is 5.66. The van der Waals surface area contributed by atoms with E-state index in [1.807, 2.05) is 6.92 Å². The molecule has 0 spiro atoms. The highest BCUT2D eigenvalue weighted by Gasteiger charge is 2.20. The van der Waals surface area contributed by atoms with Crippen LogP contribution in [0.15, 0.2) is 0 Å². The van der Waals surface area contributed by atoms with Gasteiger partial charge in [0.05, 0.1) is 6.04 Å². The Hall–Kier alpha value is -0.610. The van der Waals surface area contributed by atoms with Crippen molar-refractivity contribution in [2.24, 2.45) is 11.1 Å². The van der Waals surface area contributed by atoms with Gasteiger partial charge in [0.2, 0.25) is 5.91 Å².